The highest BCUT2D eigenvalue weighted by Crippen LogP contribution is 2.33. The average Bonchev–Trinajstić information content (AvgIpc) is 3.24. The van der Waals surface area contributed by atoms with E-state index in [-0.39, 0.29) is 5.91 Å². The third-order valence-electron chi connectivity index (χ3n) is 5.54. The van der Waals surface area contributed by atoms with Crippen LogP contribution in [0.1, 0.15) is 29.8 Å². The largest absolute Gasteiger partial charge is 0.490 e. The van der Waals surface area contributed by atoms with Gasteiger partial charge in [0.05, 0.1) is 36.6 Å². The second kappa shape index (κ2) is 11.0. The van der Waals surface area contributed by atoms with Gasteiger partial charge in [-0.3, -0.25) is 14.6 Å². The maximum atomic E-state index is 13.7. The number of morpholine rings is 1. The Kier molecular flexibility index (Phi) is 7.80. The van der Waals surface area contributed by atoms with Crippen LogP contribution < -0.4 is 14.4 Å². The fraction of sp³-hybridized carbons (Fsp3) is 0.440. The molecular formula is C25H31N3O4S. The lowest BCUT2D eigenvalue weighted by Crippen LogP contribution is -2.43. The molecule has 1 aliphatic heterocycles. The Morgan fingerprint density at radius 3 is 2.61 bits per heavy atom. The molecule has 1 fully saturated rings. The van der Waals surface area contributed by atoms with Crippen LogP contribution in [-0.2, 0) is 4.74 Å². The molecule has 0 radical (unpaired) electrons. The highest BCUT2D eigenvalue weighted by Gasteiger charge is 2.24. The minimum absolute atomic E-state index is 0.0944. The van der Waals surface area contributed by atoms with Crippen molar-refractivity contribution >= 4 is 32.6 Å². The van der Waals surface area contributed by atoms with Crippen molar-refractivity contribution in [3.63, 3.8) is 0 Å². The molecule has 2 aromatic carbocycles. The van der Waals surface area contributed by atoms with Crippen molar-refractivity contribution < 1.29 is 19.0 Å². The SMILES string of the molecule is CCOc1ccc(C(=O)N(CCN2CCOCC2)c2nc3ccc(C)cc3s2)cc1OCC. The topological polar surface area (TPSA) is 64.1 Å². The molecule has 0 unspecified atom stereocenters. The monoisotopic (exact) mass is 469 g/mol. The fourth-order valence-corrected chi connectivity index (χ4v) is 4.91. The summed E-state index contributed by atoms with van der Waals surface area (Å²) in [5.74, 6) is 1.13. The first-order valence-corrected chi connectivity index (χ1v) is 12.3. The van der Waals surface area contributed by atoms with E-state index in [0.717, 1.165) is 43.1 Å². The molecule has 8 heteroatoms. The van der Waals surface area contributed by atoms with Gasteiger partial charge in [-0.1, -0.05) is 17.4 Å². The lowest BCUT2D eigenvalue weighted by Gasteiger charge is -2.29. The van der Waals surface area contributed by atoms with Crippen LogP contribution in [0.3, 0.4) is 0 Å². The quantitative estimate of drug-likeness (QED) is 0.463. The Morgan fingerprint density at radius 1 is 1.09 bits per heavy atom. The number of aryl methyl sites for hydroxylation is 1. The van der Waals surface area contributed by atoms with Gasteiger partial charge in [0.25, 0.3) is 5.91 Å². The lowest BCUT2D eigenvalue weighted by atomic mass is 10.1. The van der Waals surface area contributed by atoms with Crippen molar-refractivity contribution in [2.45, 2.75) is 20.8 Å². The summed E-state index contributed by atoms with van der Waals surface area (Å²) in [5, 5.41) is 0.709. The molecule has 7 nitrogen and oxygen atoms in total. The molecular weight excluding hydrogens is 438 g/mol. The van der Waals surface area contributed by atoms with Gasteiger partial charge in [0, 0.05) is 31.7 Å². The summed E-state index contributed by atoms with van der Waals surface area (Å²) < 4.78 is 18.0. The molecule has 0 aliphatic carbocycles. The van der Waals surface area contributed by atoms with E-state index in [0.29, 0.717) is 42.0 Å². The van der Waals surface area contributed by atoms with Gasteiger partial charge in [0.2, 0.25) is 0 Å². The number of carbonyl (C=O) groups excluding carboxylic acids is 1. The minimum Gasteiger partial charge on any atom is -0.490 e. The third-order valence-corrected chi connectivity index (χ3v) is 6.58. The van der Waals surface area contributed by atoms with Crippen molar-refractivity contribution in [3.05, 3.63) is 47.5 Å². The molecule has 33 heavy (non-hydrogen) atoms. The number of rotatable bonds is 9. The number of thiazole rings is 1. The lowest BCUT2D eigenvalue weighted by molar-refractivity contribution is 0.0391. The van der Waals surface area contributed by atoms with E-state index in [1.807, 2.05) is 32.0 Å². The Labute approximate surface area is 198 Å². The molecule has 0 N–H and O–H groups in total. The molecule has 1 amide bonds. The molecule has 0 atom stereocenters. The van der Waals surface area contributed by atoms with E-state index in [4.69, 9.17) is 19.2 Å². The van der Waals surface area contributed by atoms with Crippen molar-refractivity contribution in [2.24, 2.45) is 0 Å². The summed E-state index contributed by atoms with van der Waals surface area (Å²) in [6.45, 7) is 11.5. The maximum Gasteiger partial charge on any atom is 0.260 e. The number of ether oxygens (including phenoxy) is 3. The molecule has 4 rings (SSSR count). The molecule has 2 heterocycles. The fourth-order valence-electron chi connectivity index (χ4n) is 3.83. The predicted octanol–water partition coefficient (Wildman–Crippen LogP) is 4.38. The Bertz CT molecular complexity index is 1090. The second-order valence-corrected chi connectivity index (χ2v) is 8.92. The van der Waals surface area contributed by atoms with Gasteiger partial charge in [-0.15, -0.1) is 0 Å². The smallest absolute Gasteiger partial charge is 0.260 e. The van der Waals surface area contributed by atoms with Gasteiger partial charge in [-0.2, -0.15) is 0 Å². The zero-order valence-electron chi connectivity index (χ0n) is 19.5. The summed E-state index contributed by atoms with van der Waals surface area (Å²) in [4.78, 5) is 22.7. The molecule has 176 valence electrons. The molecule has 1 aromatic heterocycles. The minimum atomic E-state index is -0.0944. The van der Waals surface area contributed by atoms with Crippen LogP contribution in [0.4, 0.5) is 5.13 Å². The van der Waals surface area contributed by atoms with Crippen molar-refractivity contribution in [1.82, 2.24) is 9.88 Å². The van der Waals surface area contributed by atoms with E-state index in [2.05, 4.69) is 17.9 Å². The number of fused-ring (bicyclic) bond motifs is 1. The molecule has 0 spiro atoms. The molecule has 3 aromatic rings. The van der Waals surface area contributed by atoms with Gasteiger partial charge < -0.3 is 14.2 Å². The van der Waals surface area contributed by atoms with Crippen LogP contribution in [0.2, 0.25) is 0 Å². The van der Waals surface area contributed by atoms with E-state index in [1.54, 1.807) is 28.4 Å². The maximum absolute atomic E-state index is 13.7. The van der Waals surface area contributed by atoms with Gasteiger partial charge in [0.1, 0.15) is 0 Å². The van der Waals surface area contributed by atoms with Gasteiger partial charge in [-0.25, -0.2) is 4.98 Å². The summed E-state index contributed by atoms with van der Waals surface area (Å²) in [6, 6.07) is 11.6. The number of benzene rings is 2. The summed E-state index contributed by atoms with van der Waals surface area (Å²) in [5.41, 5.74) is 2.64. The molecule has 1 aliphatic rings. The van der Waals surface area contributed by atoms with Gasteiger partial charge in [0.15, 0.2) is 16.6 Å². The van der Waals surface area contributed by atoms with Gasteiger partial charge in [-0.05, 0) is 56.7 Å². The summed E-state index contributed by atoms with van der Waals surface area (Å²) >= 11 is 1.55. The molecule has 0 saturated carbocycles. The van der Waals surface area contributed by atoms with Crippen molar-refractivity contribution in [2.75, 3.05) is 57.5 Å². The van der Waals surface area contributed by atoms with Crippen LogP contribution in [-0.4, -0.2) is 68.4 Å². The predicted molar refractivity (Wildman–Crippen MR) is 132 cm³/mol. The van der Waals surface area contributed by atoms with Crippen molar-refractivity contribution in [3.8, 4) is 11.5 Å². The number of nitrogens with zero attached hydrogens (tertiary/aromatic N) is 3. The van der Waals surface area contributed by atoms with Crippen LogP contribution in [0.25, 0.3) is 10.2 Å². The number of hydrogen-bond donors (Lipinski definition) is 0. The number of hydrogen-bond acceptors (Lipinski definition) is 7. The van der Waals surface area contributed by atoms with Crippen LogP contribution in [0.15, 0.2) is 36.4 Å². The zero-order valence-corrected chi connectivity index (χ0v) is 20.3. The second-order valence-electron chi connectivity index (χ2n) is 7.91. The first kappa shape index (κ1) is 23.5. The van der Waals surface area contributed by atoms with Crippen molar-refractivity contribution in [1.29, 1.82) is 0 Å². The first-order valence-electron chi connectivity index (χ1n) is 11.5. The number of amides is 1. The number of anilines is 1. The standard InChI is InChI=1S/C25H31N3O4S/c1-4-31-21-9-7-19(17-22(21)32-5-2)24(29)28(11-10-27-12-14-30-15-13-27)25-26-20-8-6-18(3)16-23(20)33-25/h6-9,16-17H,4-5,10-15H2,1-3H3. The van der Waals surface area contributed by atoms with Gasteiger partial charge >= 0.3 is 0 Å². The van der Waals surface area contributed by atoms with E-state index < -0.39 is 0 Å². The van der Waals surface area contributed by atoms with E-state index in [1.165, 1.54) is 5.56 Å². The highest BCUT2D eigenvalue weighted by atomic mass is 32.1. The summed E-state index contributed by atoms with van der Waals surface area (Å²) in [7, 11) is 0. The molecule has 0 bridgehead atoms. The van der Waals surface area contributed by atoms with Crippen LogP contribution in [0, 0.1) is 6.92 Å². The van der Waals surface area contributed by atoms with Crippen LogP contribution in [0.5, 0.6) is 11.5 Å². The Morgan fingerprint density at radius 2 is 1.85 bits per heavy atom. The third kappa shape index (κ3) is 5.63. The zero-order chi connectivity index (χ0) is 23.2. The Balaban J connectivity index is 1.65. The number of carbonyl (C=O) groups is 1. The normalized spacial score (nSPS) is 14.4. The average molecular weight is 470 g/mol. The van der Waals surface area contributed by atoms with E-state index in [9.17, 15) is 4.79 Å². The van der Waals surface area contributed by atoms with Crippen LogP contribution >= 0.6 is 11.3 Å². The number of aromatic nitrogens is 1. The summed E-state index contributed by atoms with van der Waals surface area (Å²) in [6.07, 6.45) is 0. The highest BCUT2D eigenvalue weighted by molar-refractivity contribution is 7.22. The first-order chi connectivity index (χ1) is 16.1. The van der Waals surface area contributed by atoms with E-state index >= 15 is 0 Å². The molecule has 1 saturated heterocycles. The Hall–Kier alpha value is -2.68.